The molecule has 4 aliphatic heterocycles. The number of unbranched alkanes of at least 4 members (excludes halogenated alkanes) is 2. The largest absolute Gasteiger partial charge is 0.449 e. The second-order valence-electron chi connectivity index (χ2n) is 8.92. The summed E-state index contributed by atoms with van der Waals surface area (Å²) >= 11 is 0. The van der Waals surface area contributed by atoms with E-state index >= 15 is 0 Å². The summed E-state index contributed by atoms with van der Waals surface area (Å²) in [5.41, 5.74) is 0.0346. The van der Waals surface area contributed by atoms with Gasteiger partial charge in [-0.05, 0) is 18.6 Å². The summed E-state index contributed by atoms with van der Waals surface area (Å²) in [6, 6.07) is 6.84. The molecular weight excluding hydrogens is 358 g/mol. The average molecular weight is 383 g/mol. The van der Waals surface area contributed by atoms with E-state index in [-0.39, 0.29) is 35.4 Å². The number of amides is 3. The summed E-state index contributed by atoms with van der Waals surface area (Å²) in [5.74, 6) is -0.594. The van der Waals surface area contributed by atoms with Crippen molar-refractivity contribution in [2.75, 3.05) is 6.61 Å². The minimum Gasteiger partial charge on any atom is -0.449 e. The van der Waals surface area contributed by atoms with Crippen molar-refractivity contribution in [2.24, 2.45) is 5.41 Å². The van der Waals surface area contributed by atoms with Gasteiger partial charge in [-0.2, -0.15) is 10.0 Å². The topological polar surface area (TPSA) is 69.7 Å². The van der Waals surface area contributed by atoms with Crippen LogP contribution in [0.3, 0.4) is 0 Å². The lowest BCUT2D eigenvalue weighted by molar-refractivity contribution is 0.0304. The molecule has 0 aromatic heterocycles. The Labute approximate surface area is 164 Å². The van der Waals surface area contributed by atoms with E-state index in [2.05, 4.69) is 20.8 Å². The van der Waals surface area contributed by atoms with Crippen molar-refractivity contribution < 1.29 is 19.1 Å². The number of rotatable bonds is 5. The zero-order valence-electron chi connectivity index (χ0n) is 16.5. The summed E-state index contributed by atoms with van der Waals surface area (Å²) in [6.45, 7) is 6.65. The molecule has 3 fully saturated rings. The molecule has 0 N–H and O–H groups in total. The van der Waals surface area contributed by atoms with Gasteiger partial charge in [0.25, 0.3) is 11.8 Å². The van der Waals surface area contributed by atoms with Gasteiger partial charge < -0.3 is 4.74 Å². The minimum atomic E-state index is -0.599. The summed E-state index contributed by atoms with van der Waals surface area (Å²) in [6.07, 6.45) is 3.67. The number of cyclic esters (lactones) is 1. The Morgan fingerprint density at radius 2 is 1.71 bits per heavy atom. The molecule has 4 atom stereocenters. The third kappa shape index (κ3) is 2.00. The van der Waals surface area contributed by atoms with Crippen LogP contribution in [0, 0.1) is 5.41 Å². The molecule has 5 rings (SSSR count). The van der Waals surface area contributed by atoms with Crippen LogP contribution < -0.4 is 0 Å². The van der Waals surface area contributed by atoms with Crippen LogP contribution in [0.25, 0.3) is 0 Å². The van der Waals surface area contributed by atoms with E-state index in [4.69, 9.17) is 4.74 Å². The van der Waals surface area contributed by atoms with E-state index in [9.17, 15) is 14.4 Å². The van der Waals surface area contributed by atoms with Crippen molar-refractivity contribution >= 4 is 17.9 Å². The molecule has 7 nitrogen and oxygen atoms in total. The van der Waals surface area contributed by atoms with Gasteiger partial charge in [-0.25, -0.2) is 4.79 Å². The fourth-order valence-electron chi connectivity index (χ4n) is 5.38. The van der Waals surface area contributed by atoms with Crippen LogP contribution in [-0.2, 0) is 4.74 Å². The number of hydrogen-bond acceptors (Lipinski definition) is 5. The molecule has 1 aromatic carbocycles. The normalized spacial score (nSPS) is 34.4. The quantitative estimate of drug-likeness (QED) is 0.444. The molecular formula is C21H25N3O4. The monoisotopic (exact) mass is 383 g/mol. The van der Waals surface area contributed by atoms with Crippen molar-refractivity contribution in [1.82, 2.24) is 14.9 Å². The van der Waals surface area contributed by atoms with Crippen molar-refractivity contribution in [3.8, 4) is 0 Å². The molecule has 4 heterocycles. The first-order valence-corrected chi connectivity index (χ1v) is 10.1. The fourth-order valence-corrected chi connectivity index (χ4v) is 5.38. The molecule has 7 heteroatoms. The smallest absolute Gasteiger partial charge is 0.411 e. The van der Waals surface area contributed by atoms with Crippen molar-refractivity contribution in [3.05, 3.63) is 35.4 Å². The molecule has 0 bridgehead atoms. The maximum absolute atomic E-state index is 13.1. The first-order valence-electron chi connectivity index (χ1n) is 10.1. The summed E-state index contributed by atoms with van der Waals surface area (Å²) in [7, 11) is 0. The second kappa shape index (κ2) is 5.56. The number of ether oxygens (including phenoxy) is 1. The molecule has 1 spiro atoms. The van der Waals surface area contributed by atoms with Gasteiger partial charge in [0, 0.05) is 5.41 Å². The van der Waals surface area contributed by atoms with Gasteiger partial charge in [-0.3, -0.25) is 14.5 Å². The van der Waals surface area contributed by atoms with Crippen LogP contribution in [0.4, 0.5) is 4.79 Å². The summed E-state index contributed by atoms with van der Waals surface area (Å²) in [4.78, 5) is 40.3. The predicted octanol–water partition coefficient (Wildman–Crippen LogP) is 3.02. The van der Waals surface area contributed by atoms with Gasteiger partial charge in [0.1, 0.15) is 6.61 Å². The van der Waals surface area contributed by atoms with Crippen LogP contribution in [0.2, 0.25) is 0 Å². The molecule has 28 heavy (non-hydrogen) atoms. The van der Waals surface area contributed by atoms with E-state index in [1.54, 1.807) is 29.2 Å². The highest BCUT2D eigenvalue weighted by atomic mass is 16.6. The number of hydrogen-bond donors (Lipinski definition) is 0. The molecule has 0 saturated carbocycles. The van der Waals surface area contributed by atoms with E-state index in [0.717, 1.165) is 25.7 Å². The highest BCUT2D eigenvalue weighted by Crippen LogP contribution is 2.69. The van der Waals surface area contributed by atoms with Crippen LogP contribution in [-0.4, -0.2) is 57.2 Å². The molecule has 0 radical (unpaired) electrons. The number of fused-ring (bicyclic) bond motifs is 4. The van der Waals surface area contributed by atoms with Gasteiger partial charge in [-0.15, -0.1) is 0 Å². The highest BCUT2D eigenvalue weighted by molar-refractivity contribution is 6.21. The third-order valence-corrected chi connectivity index (χ3v) is 6.64. The van der Waals surface area contributed by atoms with Crippen LogP contribution in [0.5, 0.6) is 0 Å². The number of carbonyl (C=O) groups excluding carboxylic acids is 3. The van der Waals surface area contributed by atoms with Crippen molar-refractivity contribution in [1.29, 1.82) is 0 Å². The lowest BCUT2D eigenvalue weighted by atomic mass is 9.86. The SMILES string of the molecule is CCCCCC1N(N2C(=O)c3ccccc3C2=O)C12[C@@H]1N2C(=O)OCC1(C)C. The number of nitrogens with zero attached hydrogens (tertiary/aromatic N) is 3. The van der Waals surface area contributed by atoms with Gasteiger partial charge in [0.05, 0.1) is 23.2 Å². The highest BCUT2D eigenvalue weighted by Gasteiger charge is 2.91. The Kier molecular flexibility index (Phi) is 3.51. The van der Waals surface area contributed by atoms with E-state index in [1.807, 2.05) is 5.01 Å². The second-order valence-corrected chi connectivity index (χ2v) is 8.92. The molecule has 4 aliphatic rings. The number of benzene rings is 1. The summed E-state index contributed by atoms with van der Waals surface area (Å²) < 4.78 is 5.40. The molecule has 3 amide bonds. The summed E-state index contributed by atoms with van der Waals surface area (Å²) in [5, 5.41) is 3.15. The molecule has 3 unspecified atom stereocenters. The maximum atomic E-state index is 13.1. The molecule has 0 aliphatic carbocycles. The Morgan fingerprint density at radius 1 is 1.07 bits per heavy atom. The lowest BCUT2D eigenvalue weighted by Gasteiger charge is -2.27. The predicted molar refractivity (Wildman–Crippen MR) is 100 cm³/mol. The lowest BCUT2D eigenvalue weighted by Crippen LogP contribution is -2.39. The average Bonchev–Trinajstić information content (AvgIpc) is 3.52. The van der Waals surface area contributed by atoms with E-state index in [0.29, 0.717) is 17.7 Å². The Morgan fingerprint density at radius 3 is 2.29 bits per heavy atom. The Balaban J connectivity index is 1.51. The van der Waals surface area contributed by atoms with Gasteiger partial charge >= 0.3 is 6.09 Å². The van der Waals surface area contributed by atoms with Gasteiger partial charge in [-0.1, -0.05) is 52.2 Å². The minimum absolute atomic E-state index is 0.0313. The van der Waals surface area contributed by atoms with Crippen LogP contribution >= 0.6 is 0 Å². The van der Waals surface area contributed by atoms with Crippen LogP contribution in [0.1, 0.15) is 67.2 Å². The third-order valence-electron chi connectivity index (χ3n) is 6.64. The van der Waals surface area contributed by atoms with Crippen LogP contribution in [0.15, 0.2) is 24.3 Å². The van der Waals surface area contributed by atoms with Crippen molar-refractivity contribution in [2.45, 2.75) is 64.2 Å². The van der Waals surface area contributed by atoms with E-state index in [1.165, 1.54) is 5.01 Å². The number of carbonyl (C=O) groups is 3. The first kappa shape index (κ1) is 17.7. The zero-order chi connectivity index (χ0) is 19.8. The van der Waals surface area contributed by atoms with E-state index < -0.39 is 5.66 Å². The zero-order valence-corrected chi connectivity index (χ0v) is 16.5. The Bertz CT molecular complexity index is 862. The standard InChI is InChI=1S/C21H25N3O4/c1-4-5-6-11-15-21(18-20(2,3)12-28-19(27)22(18)21)24(15)23-16(25)13-9-7-8-10-14(13)17(23)26/h7-10,15,18H,4-6,11-12H2,1-3H3/t15?,18-,21?,22?,24?/m1/s1. The number of imide groups is 1. The first-order chi connectivity index (χ1) is 13.4. The van der Waals surface area contributed by atoms with Gasteiger partial charge in [0.15, 0.2) is 5.66 Å². The molecule has 148 valence electrons. The van der Waals surface area contributed by atoms with Gasteiger partial charge in [0.2, 0.25) is 0 Å². The molecule has 1 aromatic rings. The molecule has 3 saturated heterocycles. The maximum Gasteiger partial charge on any atom is 0.411 e. The fraction of sp³-hybridized carbons (Fsp3) is 0.571. The van der Waals surface area contributed by atoms with Crippen molar-refractivity contribution in [3.63, 3.8) is 0 Å². The number of hydrazine groups is 1. The Hall–Kier alpha value is -2.41.